The van der Waals surface area contributed by atoms with Gasteiger partial charge in [-0.25, -0.2) is 4.39 Å². The zero-order valence-corrected chi connectivity index (χ0v) is 13.7. The lowest BCUT2D eigenvalue weighted by Gasteiger charge is -2.18. The standard InChI is InChI=1S/C19H22FNO2/c1-13-8-10-18(23-3)16(12-13)14(2)21-19(22)11-9-15-6-4-5-7-17(15)20/h4-8,10,12,14H,9,11H2,1-3H3,(H,21,22)/t14-/m0/s1. The molecule has 4 heteroatoms. The van der Waals surface area contributed by atoms with Crippen molar-refractivity contribution in [1.82, 2.24) is 5.32 Å². The van der Waals surface area contributed by atoms with Crippen LogP contribution >= 0.6 is 0 Å². The highest BCUT2D eigenvalue weighted by molar-refractivity contribution is 5.76. The molecule has 0 spiro atoms. The molecular weight excluding hydrogens is 293 g/mol. The van der Waals surface area contributed by atoms with Crippen LogP contribution < -0.4 is 10.1 Å². The van der Waals surface area contributed by atoms with Gasteiger partial charge in [-0.1, -0.05) is 35.9 Å². The SMILES string of the molecule is COc1ccc(C)cc1[C@H](C)NC(=O)CCc1ccccc1F. The van der Waals surface area contributed by atoms with Gasteiger partial charge in [-0.3, -0.25) is 4.79 Å². The molecule has 1 atom stereocenters. The van der Waals surface area contributed by atoms with Crippen molar-refractivity contribution in [2.75, 3.05) is 7.11 Å². The Bertz CT molecular complexity index is 685. The van der Waals surface area contributed by atoms with Crippen LogP contribution in [0.25, 0.3) is 0 Å². The lowest BCUT2D eigenvalue weighted by atomic mass is 10.0. The molecule has 122 valence electrons. The van der Waals surface area contributed by atoms with Crippen LogP contribution in [0.1, 0.15) is 36.1 Å². The lowest BCUT2D eigenvalue weighted by Crippen LogP contribution is -2.27. The Hall–Kier alpha value is -2.36. The van der Waals surface area contributed by atoms with Crippen molar-refractivity contribution in [1.29, 1.82) is 0 Å². The van der Waals surface area contributed by atoms with E-state index in [-0.39, 0.29) is 24.2 Å². The minimum atomic E-state index is -0.270. The van der Waals surface area contributed by atoms with Gasteiger partial charge in [-0.05, 0) is 38.0 Å². The van der Waals surface area contributed by atoms with Crippen molar-refractivity contribution in [2.45, 2.75) is 32.7 Å². The van der Waals surface area contributed by atoms with Crippen LogP contribution in [-0.4, -0.2) is 13.0 Å². The minimum absolute atomic E-state index is 0.107. The number of aryl methyl sites for hydroxylation is 2. The van der Waals surface area contributed by atoms with Crippen LogP contribution in [0.4, 0.5) is 4.39 Å². The second-order valence-corrected chi connectivity index (χ2v) is 5.63. The van der Waals surface area contributed by atoms with Gasteiger partial charge in [0.1, 0.15) is 11.6 Å². The van der Waals surface area contributed by atoms with Crippen molar-refractivity contribution in [3.63, 3.8) is 0 Å². The normalized spacial score (nSPS) is 11.8. The molecule has 0 radical (unpaired) electrons. The highest BCUT2D eigenvalue weighted by Gasteiger charge is 2.14. The third kappa shape index (κ3) is 4.55. The number of halogens is 1. The van der Waals surface area contributed by atoms with Gasteiger partial charge in [-0.15, -0.1) is 0 Å². The maximum atomic E-state index is 13.6. The average molecular weight is 315 g/mol. The van der Waals surface area contributed by atoms with Gasteiger partial charge in [0.05, 0.1) is 13.2 Å². The first-order valence-corrected chi connectivity index (χ1v) is 7.68. The second-order valence-electron chi connectivity index (χ2n) is 5.63. The van der Waals surface area contributed by atoms with Gasteiger partial charge >= 0.3 is 0 Å². The summed E-state index contributed by atoms with van der Waals surface area (Å²) in [5.41, 5.74) is 2.60. The van der Waals surface area contributed by atoms with Crippen LogP contribution in [0.15, 0.2) is 42.5 Å². The first kappa shape index (κ1) is 17.0. The first-order valence-electron chi connectivity index (χ1n) is 7.68. The van der Waals surface area contributed by atoms with E-state index in [2.05, 4.69) is 5.32 Å². The fourth-order valence-electron chi connectivity index (χ4n) is 2.53. The smallest absolute Gasteiger partial charge is 0.220 e. The van der Waals surface area contributed by atoms with E-state index in [1.807, 2.05) is 32.0 Å². The van der Waals surface area contributed by atoms with Crippen LogP contribution in [-0.2, 0) is 11.2 Å². The summed E-state index contributed by atoms with van der Waals surface area (Å²) in [5, 5.41) is 2.95. The lowest BCUT2D eigenvalue weighted by molar-refractivity contribution is -0.121. The Labute approximate surface area is 136 Å². The van der Waals surface area contributed by atoms with E-state index in [0.717, 1.165) is 16.9 Å². The molecule has 23 heavy (non-hydrogen) atoms. The number of hydrogen-bond donors (Lipinski definition) is 1. The average Bonchev–Trinajstić information content (AvgIpc) is 2.54. The number of nitrogens with one attached hydrogen (secondary N) is 1. The Morgan fingerprint density at radius 3 is 2.70 bits per heavy atom. The van der Waals surface area contributed by atoms with E-state index < -0.39 is 0 Å². The van der Waals surface area contributed by atoms with E-state index in [0.29, 0.717) is 12.0 Å². The summed E-state index contributed by atoms with van der Waals surface area (Å²) in [7, 11) is 1.61. The predicted molar refractivity (Wildman–Crippen MR) is 89.0 cm³/mol. The summed E-state index contributed by atoms with van der Waals surface area (Å²) in [6, 6.07) is 12.2. The van der Waals surface area contributed by atoms with Gasteiger partial charge in [0.25, 0.3) is 0 Å². The molecule has 0 aromatic heterocycles. The maximum absolute atomic E-state index is 13.6. The largest absolute Gasteiger partial charge is 0.496 e. The number of carbonyl (C=O) groups is 1. The molecular formula is C19H22FNO2. The molecule has 3 nitrogen and oxygen atoms in total. The van der Waals surface area contributed by atoms with Gasteiger partial charge in [0, 0.05) is 12.0 Å². The van der Waals surface area contributed by atoms with Crippen molar-refractivity contribution in [3.8, 4) is 5.75 Å². The van der Waals surface area contributed by atoms with E-state index >= 15 is 0 Å². The van der Waals surface area contributed by atoms with E-state index in [1.165, 1.54) is 6.07 Å². The van der Waals surface area contributed by atoms with E-state index in [1.54, 1.807) is 25.3 Å². The molecule has 0 aliphatic carbocycles. The number of carbonyl (C=O) groups excluding carboxylic acids is 1. The van der Waals surface area contributed by atoms with Crippen LogP contribution in [0.3, 0.4) is 0 Å². The van der Waals surface area contributed by atoms with Gasteiger partial charge in [0.2, 0.25) is 5.91 Å². The Morgan fingerprint density at radius 2 is 2.00 bits per heavy atom. The van der Waals surface area contributed by atoms with Crippen LogP contribution in [0, 0.1) is 12.7 Å². The third-order valence-corrected chi connectivity index (χ3v) is 3.81. The molecule has 1 N–H and O–H groups in total. The Balaban J connectivity index is 1.97. The van der Waals surface area contributed by atoms with Crippen molar-refractivity contribution in [2.24, 2.45) is 0 Å². The van der Waals surface area contributed by atoms with E-state index in [9.17, 15) is 9.18 Å². The van der Waals surface area contributed by atoms with Gasteiger partial charge < -0.3 is 10.1 Å². The Morgan fingerprint density at radius 1 is 1.26 bits per heavy atom. The highest BCUT2D eigenvalue weighted by atomic mass is 19.1. The summed E-state index contributed by atoms with van der Waals surface area (Å²) >= 11 is 0. The first-order chi connectivity index (χ1) is 11.0. The quantitative estimate of drug-likeness (QED) is 0.876. The molecule has 2 rings (SSSR count). The monoisotopic (exact) mass is 315 g/mol. The summed E-state index contributed by atoms with van der Waals surface area (Å²) in [5.74, 6) is 0.371. The van der Waals surface area contributed by atoms with Crippen LogP contribution in [0.5, 0.6) is 5.75 Å². The number of ether oxygens (including phenoxy) is 1. The number of benzene rings is 2. The zero-order valence-electron chi connectivity index (χ0n) is 13.7. The maximum Gasteiger partial charge on any atom is 0.220 e. The third-order valence-electron chi connectivity index (χ3n) is 3.81. The molecule has 0 unspecified atom stereocenters. The van der Waals surface area contributed by atoms with Crippen molar-refractivity contribution >= 4 is 5.91 Å². The second kappa shape index (κ2) is 7.77. The molecule has 0 saturated carbocycles. The van der Waals surface area contributed by atoms with E-state index in [4.69, 9.17) is 4.74 Å². The molecule has 0 aliphatic heterocycles. The molecule has 2 aromatic rings. The fourth-order valence-corrected chi connectivity index (χ4v) is 2.53. The summed E-state index contributed by atoms with van der Waals surface area (Å²) < 4.78 is 18.9. The molecule has 0 saturated heterocycles. The minimum Gasteiger partial charge on any atom is -0.496 e. The highest BCUT2D eigenvalue weighted by Crippen LogP contribution is 2.26. The van der Waals surface area contributed by atoms with Crippen LogP contribution in [0.2, 0.25) is 0 Å². The zero-order chi connectivity index (χ0) is 16.8. The molecule has 0 aliphatic rings. The summed E-state index contributed by atoms with van der Waals surface area (Å²) in [4.78, 5) is 12.1. The predicted octanol–water partition coefficient (Wildman–Crippen LogP) is 3.95. The van der Waals surface area contributed by atoms with Gasteiger partial charge in [-0.2, -0.15) is 0 Å². The number of methoxy groups -OCH3 is 1. The summed E-state index contributed by atoms with van der Waals surface area (Å²) in [6.45, 7) is 3.91. The molecule has 2 aromatic carbocycles. The topological polar surface area (TPSA) is 38.3 Å². The molecule has 1 amide bonds. The van der Waals surface area contributed by atoms with Gasteiger partial charge in [0.15, 0.2) is 0 Å². The number of hydrogen-bond acceptors (Lipinski definition) is 2. The van der Waals surface area contributed by atoms with Crippen molar-refractivity contribution in [3.05, 3.63) is 65.0 Å². The number of amides is 1. The summed E-state index contributed by atoms with van der Waals surface area (Å²) in [6.07, 6.45) is 0.635. The molecule has 0 heterocycles. The molecule has 0 bridgehead atoms. The number of rotatable bonds is 6. The fraction of sp³-hybridized carbons (Fsp3) is 0.316. The Kier molecular flexibility index (Phi) is 5.74. The van der Waals surface area contributed by atoms with Crippen molar-refractivity contribution < 1.29 is 13.9 Å². The molecule has 0 fully saturated rings.